The highest BCUT2D eigenvalue weighted by Crippen LogP contribution is 2.23. The molecular weight excluding hydrogens is 248 g/mol. The molecule has 1 aliphatic rings. The minimum atomic E-state index is 0.428. The summed E-state index contributed by atoms with van der Waals surface area (Å²) in [5, 5.41) is 3.45. The zero-order valence-electron chi connectivity index (χ0n) is 13.1. The number of nitrogens with one attached hydrogen (secondary N) is 1. The minimum absolute atomic E-state index is 0.428. The van der Waals surface area contributed by atoms with E-state index in [-0.39, 0.29) is 0 Å². The van der Waals surface area contributed by atoms with Crippen LogP contribution in [0.3, 0.4) is 0 Å². The molecule has 0 amide bonds. The molecule has 1 atom stereocenters. The van der Waals surface area contributed by atoms with Crippen LogP contribution >= 0.6 is 0 Å². The van der Waals surface area contributed by atoms with Crippen LogP contribution in [-0.2, 0) is 4.74 Å². The van der Waals surface area contributed by atoms with Gasteiger partial charge in [0.2, 0.25) is 0 Å². The van der Waals surface area contributed by atoms with Gasteiger partial charge in [-0.05, 0) is 50.9 Å². The van der Waals surface area contributed by atoms with Crippen LogP contribution in [0.15, 0.2) is 24.3 Å². The van der Waals surface area contributed by atoms with Crippen LogP contribution in [0.2, 0.25) is 0 Å². The molecule has 2 rings (SSSR count). The number of hydrogen-bond acceptors (Lipinski definition) is 3. The fraction of sp³-hybridized carbons (Fsp3) is 0.647. The van der Waals surface area contributed by atoms with Crippen molar-refractivity contribution in [1.29, 1.82) is 0 Å². The number of anilines is 1. The van der Waals surface area contributed by atoms with E-state index in [1.807, 2.05) is 0 Å². The summed E-state index contributed by atoms with van der Waals surface area (Å²) < 4.78 is 5.71. The third-order valence-electron chi connectivity index (χ3n) is 4.11. The molecule has 3 heteroatoms. The van der Waals surface area contributed by atoms with Crippen LogP contribution < -0.4 is 10.2 Å². The molecule has 0 spiro atoms. The third kappa shape index (κ3) is 3.97. The quantitative estimate of drug-likeness (QED) is 0.862. The van der Waals surface area contributed by atoms with E-state index in [9.17, 15) is 0 Å². The molecule has 20 heavy (non-hydrogen) atoms. The van der Waals surface area contributed by atoms with Crippen molar-refractivity contribution < 1.29 is 4.74 Å². The highest BCUT2D eigenvalue weighted by Gasteiger charge is 2.19. The summed E-state index contributed by atoms with van der Waals surface area (Å²) in [6.07, 6.45) is 2.75. The van der Waals surface area contributed by atoms with Crippen molar-refractivity contribution >= 4 is 5.69 Å². The molecule has 1 unspecified atom stereocenters. The molecule has 3 nitrogen and oxygen atoms in total. The highest BCUT2D eigenvalue weighted by atomic mass is 16.5. The zero-order valence-corrected chi connectivity index (χ0v) is 13.1. The molecule has 0 aliphatic carbocycles. The lowest BCUT2D eigenvalue weighted by molar-refractivity contribution is 0.0459. The van der Waals surface area contributed by atoms with Crippen molar-refractivity contribution in [2.75, 3.05) is 31.1 Å². The zero-order chi connectivity index (χ0) is 14.4. The SMILES string of the molecule is CCNC(C)c1ccc(N2CCC(OCC)CC2)cc1. The Kier molecular flexibility index (Phi) is 5.86. The number of rotatable bonds is 6. The largest absolute Gasteiger partial charge is 0.378 e. The van der Waals surface area contributed by atoms with Gasteiger partial charge in [0.05, 0.1) is 6.10 Å². The van der Waals surface area contributed by atoms with Gasteiger partial charge in [0.1, 0.15) is 0 Å². The van der Waals surface area contributed by atoms with Crippen LogP contribution in [0.4, 0.5) is 5.69 Å². The lowest BCUT2D eigenvalue weighted by atomic mass is 10.0. The first-order chi connectivity index (χ1) is 9.74. The van der Waals surface area contributed by atoms with Gasteiger partial charge in [-0.15, -0.1) is 0 Å². The second-order valence-corrected chi connectivity index (χ2v) is 5.51. The van der Waals surface area contributed by atoms with Crippen molar-refractivity contribution in [3.63, 3.8) is 0 Å². The van der Waals surface area contributed by atoms with Crippen molar-refractivity contribution in [3.05, 3.63) is 29.8 Å². The molecule has 0 saturated carbocycles. The van der Waals surface area contributed by atoms with Crippen LogP contribution in [0.25, 0.3) is 0 Å². The van der Waals surface area contributed by atoms with E-state index >= 15 is 0 Å². The van der Waals surface area contributed by atoms with Crippen molar-refractivity contribution in [3.8, 4) is 0 Å². The highest BCUT2D eigenvalue weighted by molar-refractivity contribution is 5.48. The Balaban J connectivity index is 1.91. The van der Waals surface area contributed by atoms with E-state index in [0.717, 1.165) is 39.1 Å². The lowest BCUT2D eigenvalue weighted by Crippen LogP contribution is -2.37. The maximum absolute atomic E-state index is 5.71. The Morgan fingerprint density at radius 1 is 1.20 bits per heavy atom. The molecule has 1 fully saturated rings. The van der Waals surface area contributed by atoms with Gasteiger partial charge in [-0.1, -0.05) is 19.1 Å². The number of hydrogen-bond donors (Lipinski definition) is 1. The van der Waals surface area contributed by atoms with E-state index in [4.69, 9.17) is 4.74 Å². The molecule has 1 heterocycles. The number of benzene rings is 1. The molecule has 1 N–H and O–H groups in total. The smallest absolute Gasteiger partial charge is 0.0608 e. The van der Waals surface area contributed by atoms with Gasteiger partial charge >= 0.3 is 0 Å². The first-order valence-electron chi connectivity index (χ1n) is 7.94. The van der Waals surface area contributed by atoms with Crippen LogP contribution in [0, 0.1) is 0 Å². The Labute approximate surface area is 123 Å². The molecule has 0 bridgehead atoms. The molecule has 1 aromatic rings. The Hall–Kier alpha value is -1.06. The second-order valence-electron chi connectivity index (χ2n) is 5.51. The van der Waals surface area contributed by atoms with E-state index < -0.39 is 0 Å². The number of piperidine rings is 1. The van der Waals surface area contributed by atoms with Gasteiger partial charge in [-0.2, -0.15) is 0 Å². The van der Waals surface area contributed by atoms with Crippen molar-refractivity contribution in [2.45, 2.75) is 45.8 Å². The normalized spacial score (nSPS) is 18.2. The predicted molar refractivity (Wildman–Crippen MR) is 85.4 cm³/mol. The summed E-state index contributed by atoms with van der Waals surface area (Å²) in [6, 6.07) is 9.43. The molecule has 112 valence electrons. The van der Waals surface area contributed by atoms with Gasteiger partial charge in [-0.3, -0.25) is 0 Å². The van der Waals surface area contributed by atoms with E-state index in [1.54, 1.807) is 0 Å². The van der Waals surface area contributed by atoms with Gasteiger partial charge in [-0.25, -0.2) is 0 Å². The Bertz CT molecular complexity index is 382. The summed E-state index contributed by atoms with van der Waals surface area (Å²) >= 11 is 0. The average molecular weight is 276 g/mol. The van der Waals surface area contributed by atoms with Crippen molar-refractivity contribution in [2.24, 2.45) is 0 Å². The summed E-state index contributed by atoms with van der Waals surface area (Å²) in [5.41, 5.74) is 2.70. The van der Waals surface area contributed by atoms with Gasteiger partial charge in [0.25, 0.3) is 0 Å². The average Bonchev–Trinajstić information content (AvgIpc) is 2.49. The fourth-order valence-corrected chi connectivity index (χ4v) is 2.91. The fourth-order valence-electron chi connectivity index (χ4n) is 2.91. The summed E-state index contributed by atoms with van der Waals surface area (Å²) in [6.45, 7) is 10.5. The predicted octanol–water partition coefficient (Wildman–Crippen LogP) is 3.36. The van der Waals surface area contributed by atoms with Crippen molar-refractivity contribution in [1.82, 2.24) is 5.32 Å². The van der Waals surface area contributed by atoms with Crippen LogP contribution in [-0.4, -0.2) is 32.3 Å². The van der Waals surface area contributed by atoms with Crippen LogP contribution in [0.5, 0.6) is 0 Å². The molecule has 0 radical (unpaired) electrons. The van der Waals surface area contributed by atoms with E-state index in [0.29, 0.717) is 12.1 Å². The summed E-state index contributed by atoms with van der Waals surface area (Å²) in [4.78, 5) is 2.47. The Morgan fingerprint density at radius 3 is 2.40 bits per heavy atom. The maximum atomic E-state index is 5.71. The molecular formula is C17H28N2O. The first-order valence-corrected chi connectivity index (χ1v) is 7.94. The molecule has 0 aromatic heterocycles. The monoisotopic (exact) mass is 276 g/mol. The third-order valence-corrected chi connectivity index (χ3v) is 4.11. The molecule has 1 saturated heterocycles. The molecule has 1 aromatic carbocycles. The number of ether oxygens (including phenoxy) is 1. The standard InChI is InChI=1S/C17H28N2O/c1-4-18-14(3)15-6-8-16(9-7-15)19-12-10-17(11-13-19)20-5-2/h6-9,14,17-18H,4-5,10-13H2,1-3H3. The minimum Gasteiger partial charge on any atom is -0.378 e. The van der Waals surface area contributed by atoms with Gasteiger partial charge in [0, 0.05) is 31.4 Å². The number of nitrogens with zero attached hydrogens (tertiary/aromatic N) is 1. The first kappa shape index (κ1) is 15.3. The second kappa shape index (κ2) is 7.65. The Morgan fingerprint density at radius 2 is 1.85 bits per heavy atom. The lowest BCUT2D eigenvalue weighted by Gasteiger charge is -2.33. The van der Waals surface area contributed by atoms with E-state index in [1.165, 1.54) is 11.3 Å². The van der Waals surface area contributed by atoms with Crippen LogP contribution in [0.1, 0.15) is 45.2 Å². The maximum Gasteiger partial charge on any atom is 0.0608 e. The van der Waals surface area contributed by atoms with Gasteiger partial charge < -0.3 is 15.0 Å². The summed E-state index contributed by atoms with van der Waals surface area (Å²) in [5.74, 6) is 0. The topological polar surface area (TPSA) is 24.5 Å². The van der Waals surface area contributed by atoms with Gasteiger partial charge in [0.15, 0.2) is 0 Å². The molecule has 1 aliphatic heterocycles. The summed E-state index contributed by atoms with van der Waals surface area (Å²) in [7, 11) is 0. The van der Waals surface area contributed by atoms with E-state index in [2.05, 4.69) is 55.3 Å².